The maximum atomic E-state index is 12.2. The van der Waals surface area contributed by atoms with Crippen LogP contribution in [0.1, 0.15) is 31.9 Å². The third-order valence-electron chi connectivity index (χ3n) is 3.91. The maximum Gasteiger partial charge on any atom is 0.334 e. The number of allylic oxidation sites excluding steroid dienone is 1. The van der Waals surface area contributed by atoms with Gasteiger partial charge in [0.25, 0.3) is 5.69 Å². The molecule has 3 N–H and O–H groups in total. The predicted octanol–water partition coefficient (Wildman–Crippen LogP) is 4.19. The molecular weight excluding hydrogens is 332 g/mol. The summed E-state index contributed by atoms with van der Waals surface area (Å²) >= 11 is 0. The molecule has 0 saturated carbocycles. The van der Waals surface area contributed by atoms with Gasteiger partial charge in [0.2, 0.25) is 0 Å². The molecule has 136 valence electrons. The number of nitro benzene ring substituents is 1. The van der Waals surface area contributed by atoms with E-state index in [2.05, 4.69) is 22.7 Å². The molecule has 0 atom stereocenters. The number of rotatable bonds is 6. The first kappa shape index (κ1) is 19.0. The Morgan fingerprint density at radius 1 is 1.15 bits per heavy atom. The van der Waals surface area contributed by atoms with Crippen LogP contribution in [0.5, 0.6) is 0 Å². The first-order valence-corrected chi connectivity index (χ1v) is 8.05. The van der Waals surface area contributed by atoms with Crippen LogP contribution in [-0.2, 0) is 5.54 Å². The zero-order valence-corrected chi connectivity index (χ0v) is 15.0. The largest absolute Gasteiger partial charge is 0.334 e. The molecule has 0 unspecified atom stereocenters. The monoisotopic (exact) mass is 354 g/mol. The van der Waals surface area contributed by atoms with Gasteiger partial charge in [0.15, 0.2) is 0 Å². The summed E-state index contributed by atoms with van der Waals surface area (Å²) in [4.78, 5) is 22.7. The van der Waals surface area contributed by atoms with Crippen LogP contribution in [0.2, 0.25) is 0 Å². The van der Waals surface area contributed by atoms with Gasteiger partial charge >= 0.3 is 6.03 Å². The number of nitrogens with zero attached hydrogens (tertiary/aromatic N) is 1. The number of urea groups is 1. The smallest absolute Gasteiger partial charge is 0.328 e. The van der Waals surface area contributed by atoms with Crippen LogP contribution in [0.25, 0.3) is 5.57 Å². The van der Waals surface area contributed by atoms with Gasteiger partial charge < -0.3 is 5.32 Å². The Kier molecular flexibility index (Phi) is 5.61. The van der Waals surface area contributed by atoms with E-state index < -0.39 is 16.5 Å². The third-order valence-corrected chi connectivity index (χ3v) is 3.91. The fourth-order valence-corrected chi connectivity index (χ4v) is 2.42. The fraction of sp³-hybridized carbons (Fsp3) is 0.211. The zero-order chi connectivity index (χ0) is 19.3. The molecule has 26 heavy (non-hydrogen) atoms. The molecule has 0 saturated heterocycles. The molecule has 0 aliphatic carbocycles. The van der Waals surface area contributed by atoms with E-state index >= 15 is 0 Å². The number of amides is 2. The molecular formula is C19H22N4O3. The Hall–Kier alpha value is -3.35. The van der Waals surface area contributed by atoms with Gasteiger partial charge in [0.05, 0.1) is 10.5 Å². The normalized spacial score (nSPS) is 10.7. The number of anilines is 1. The molecule has 0 spiro atoms. The number of para-hydroxylation sites is 2. The summed E-state index contributed by atoms with van der Waals surface area (Å²) in [6, 6.07) is 13.3. The molecule has 0 bridgehead atoms. The number of carbonyl (C=O) groups is 1. The van der Waals surface area contributed by atoms with Gasteiger partial charge in [-0.3, -0.25) is 21.0 Å². The van der Waals surface area contributed by atoms with E-state index in [0.717, 1.165) is 16.7 Å². The molecule has 0 radical (unpaired) electrons. The topological polar surface area (TPSA) is 96.3 Å². The van der Waals surface area contributed by atoms with Crippen molar-refractivity contribution in [2.45, 2.75) is 26.3 Å². The molecule has 2 aromatic carbocycles. The van der Waals surface area contributed by atoms with Crippen molar-refractivity contribution in [3.63, 3.8) is 0 Å². The van der Waals surface area contributed by atoms with Gasteiger partial charge in [-0.2, -0.15) is 0 Å². The van der Waals surface area contributed by atoms with Crippen molar-refractivity contribution in [1.29, 1.82) is 0 Å². The summed E-state index contributed by atoms with van der Waals surface area (Å²) in [5.41, 5.74) is 7.29. The lowest BCUT2D eigenvalue weighted by molar-refractivity contribution is -0.384. The minimum atomic E-state index is -0.653. The number of nitrogens with one attached hydrogen (secondary N) is 3. The van der Waals surface area contributed by atoms with Gasteiger partial charge in [0, 0.05) is 6.07 Å². The van der Waals surface area contributed by atoms with Gasteiger partial charge in [0.1, 0.15) is 5.69 Å². The molecule has 0 aromatic heterocycles. The zero-order valence-electron chi connectivity index (χ0n) is 15.0. The second-order valence-electron chi connectivity index (χ2n) is 6.46. The molecule has 0 aliphatic rings. The molecule has 0 heterocycles. The van der Waals surface area contributed by atoms with Gasteiger partial charge in [-0.1, -0.05) is 42.5 Å². The van der Waals surface area contributed by atoms with Gasteiger partial charge in [-0.15, -0.1) is 0 Å². The van der Waals surface area contributed by atoms with Crippen molar-refractivity contribution >= 4 is 23.0 Å². The third kappa shape index (κ3) is 4.60. The number of hydrogen-bond donors (Lipinski definition) is 3. The molecule has 7 heteroatoms. The Labute approximate surface area is 152 Å². The molecule has 2 rings (SSSR count). The standard InChI is InChI=1S/C19H22N4O3/c1-13(2)14-8-7-9-15(12-14)19(3,4)20-18(24)22-21-16-10-5-6-11-17(16)23(25)26/h5-12,21H,1H2,2-4H3,(H2,20,22,24). The molecule has 0 fully saturated rings. The number of hydrogen-bond acceptors (Lipinski definition) is 4. The summed E-state index contributed by atoms with van der Waals surface area (Å²) in [6.45, 7) is 9.59. The highest BCUT2D eigenvalue weighted by Gasteiger charge is 2.23. The average Bonchev–Trinajstić information content (AvgIpc) is 2.60. The summed E-state index contributed by atoms with van der Waals surface area (Å²) in [5.74, 6) is 0. The minimum Gasteiger partial charge on any atom is -0.328 e. The second kappa shape index (κ2) is 7.69. The van der Waals surface area contributed by atoms with Crippen molar-refractivity contribution in [3.8, 4) is 0 Å². The van der Waals surface area contributed by atoms with E-state index in [1.165, 1.54) is 12.1 Å². The van der Waals surface area contributed by atoms with Crippen LogP contribution < -0.4 is 16.2 Å². The second-order valence-corrected chi connectivity index (χ2v) is 6.46. The quantitative estimate of drug-likeness (QED) is 0.535. The van der Waals surface area contributed by atoms with Crippen LogP contribution in [0.15, 0.2) is 55.1 Å². The van der Waals surface area contributed by atoms with E-state index in [9.17, 15) is 14.9 Å². The minimum absolute atomic E-state index is 0.124. The predicted molar refractivity (Wildman–Crippen MR) is 103 cm³/mol. The lowest BCUT2D eigenvalue weighted by atomic mass is 9.92. The van der Waals surface area contributed by atoms with E-state index in [0.29, 0.717) is 0 Å². The summed E-state index contributed by atoms with van der Waals surface area (Å²) in [6.07, 6.45) is 0. The maximum absolute atomic E-state index is 12.2. The summed E-state index contributed by atoms with van der Waals surface area (Å²) < 4.78 is 0. The lowest BCUT2D eigenvalue weighted by Gasteiger charge is -2.27. The van der Waals surface area contributed by atoms with Crippen molar-refractivity contribution in [2.24, 2.45) is 0 Å². The van der Waals surface area contributed by atoms with Crippen LogP contribution in [-0.4, -0.2) is 11.0 Å². The highest BCUT2D eigenvalue weighted by molar-refractivity contribution is 5.77. The first-order valence-electron chi connectivity index (χ1n) is 8.05. The van der Waals surface area contributed by atoms with E-state index in [1.807, 2.05) is 45.0 Å². The van der Waals surface area contributed by atoms with Crippen LogP contribution in [0, 0.1) is 10.1 Å². The van der Waals surface area contributed by atoms with Gasteiger partial charge in [-0.05, 0) is 44.0 Å². The van der Waals surface area contributed by atoms with E-state index in [4.69, 9.17) is 0 Å². The van der Waals surface area contributed by atoms with Crippen molar-refractivity contribution in [2.75, 3.05) is 5.43 Å². The van der Waals surface area contributed by atoms with Crippen molar-refractivity contribution in [1.82, 2.24) is 10.7 Å². The SMILES string of the molecule is C=C(C)c1cccc(C(C)(C)NC(=O)NNc2ccccc2[N+](=O)[O-])c1. The van der Waals surface area contributed by atoms with E-state index in [-0.39, 0.29) is 11.4 Å². The molecule has 2 aromatic rings. The van der Waals surface area contributed by atoms with Crippen molar-refractivity contribution < 1.29 is 9.72 Å². The first-order chi connectivity index (χ1) is 12.2. The van der Waals surface area contributed by atoms with Crippen LogP contribution >= 0.6 is 0 Å². The summed E-state index contributed by atoms with van der Waals surface area (Å²) in [5, 5.41) is 13.8. The number of carbonyl (C=O) groups excluding carboxylic acids is 1. The Bertz CT molecular complexity index is 846. The molecule has 2 amide bonds. The highest BCUT2D eigenvalue weighted by Crippen LogP contribution is 2.24. The summed E-state index contributed by atoms with van der Waals surface area (Å²) in [7, 11) is 0. The fourth-order valence-electron chi connectivity index (χ4n) is 2.42. The molecule has 0 aliphatic heterocycles. The number of hydrazine groups is 1. The Morgan fingerprint density at radius 2 is 1.85 bits per heavy atom. The number of nitro groups is 1. The van der Waals surface area contributed by atoms with Crippen LogP contribution in [0.3, 0.4) is 0 Å². The Morgan fingerprint density at radius 3 is 2.50 bits per heavy atom. The lowest BCUT2D eigenvalue weighted by Crippen LogP contribution is -2.48. The van der Waals surface area contributed by atoms with Crippen molar-refractivity contribution in [3.05, 3.63) is 76.4 Å². The average molecular weight is 354 g/mol. The molecule has 7 nitrogen and oxygen atoms in total. The highest BCUT2D eigenvalue weighted by atomic mass is 16.6. The van der Waals surface area contributed by atoms with E-state index in [1.54, 1.807) is 12.1 Å². The van der Waals surface area contributed by atoms with Gasteiger partial charge in [-0.25, -0.2) is 4.79 Å². The van der Waals surface area contributed by atoms with Crippen LogP contribution in [0.4, 0.5) is 16.2 Å². The number of benzene rings is 2. The Balaban J connectivity index is 2.06.